The van der Waals surface area contributed by atoms with Crippen molar-refractivity contribution in [3.8, 4) is 5.75 Å². The summed E-state index contributed by atoms with van der Waals surface area (Å²) in [5.41, 5.74) is 1.77. The SMILES string of the molecule is CCCOc1ccc2[nH]cc(C(=O)C(C)CCC)c2c1. The number of fused-ring (bicyclic) bond motifs is 1. The van der Waals surface area contributed by atoms with Gasteiger partial charge in [-0.15, -0.1) is 0 Å². The van der Waals surface area contributed by atoms with E-state index in [1.54, 1.807) is 0 Å². The third-order valence-electron chi connectivity index (χ3n) is 3.56. The van der Waals surface area contributed by atoms with Crippen LogP contribution in [0.25, 0.3) is 10.9 Å². The first-order valence-electron chi connectivity index (χ1n) is 7.45. The second-order valence-electron chi connectivity index (χ2n) is 5.31. The van der Waals surface area contributed by atoms with E-state index < -0.39 is 0 Å². The minimum Gasteiger partial charge on any atom is -0.494 e. The molecule has 0 spiro atoms. The summed E-state index contributed by atoms with van der Waals surface area (Å²) in [5, 5.41) is 0.964. The van der Waals surface area contributed by atoms with Crippen LogP contribution in [-0.2, 0) is 0 Å². The maximum absolute atomic E-state index is 12.5. The minimum atomic E-state index is 0.0687. The van der Waals surface area contributed by atoms with Crippen LogP contribution in [0.2, 0.25) is 0 Å². The summed E-state index contributed by atoms with van der Waals surface area (Å²) in [7, 11) is 0. The van der Waals surface area contributed by atoms with E-state index >= 15 is 0 Å². The van der Waals surface area contributed by atoms with Crippen molar-refractivity contribution in [2.45, 2.75) is 40.0 Å². The number of carbonyl (C=O) groups is 1. The fraction of sp³-hybridized carbons (Fsp3) is 0.471. The van der Waals surface area contributed by atoms with E-state index in [9.17, 15) is 4.79 Å². The topological polar surface area (TPSA) is 42.1 Å². The first-order valence-corrected chi connectivity index (χ1v) is 7.45. The van der Waals surface area contributed by atoms with Crippen molar-refractivity contribution in [2.24, 2.45) is 5.92 Å². The molecule has 0 aliphatic rings. The van der Waals surface area contributed by atoms with Gasteiger partial charge in [0.25, 0.3) is 0 Å². The Hall–Kier alpha value is -1.77. The van der Waals surface area contributed by atoms with Gasteiger partial charge in [0.2, 0.25) is 0 Å². The molecule has 2 aromatic rings. The molecule has 0 aliphatic carbocycles. The zero-order chi connectivity index (χ0) is 14.5. The Bertz CT molecular complexity index is 586. The van der Waals surface area contributed by atoms with Crippen LogP contribution in [0.3, 0.4) is 0 Å². The van der Waals surface area contributed by atoms with Crippen LogP contribution in [0.4, 0.5) is 0 Å². The second kappa shape index (κ2) is 6.60. The molecule has 0 radical (unpaired) electrons. The van der Waals surface area contributed by atoms with Crippen LogP contribution in [0.1, 0.15) is 50.4 Å². The van der Waals surface area contributed by atoms with Gasteiger partial charge in [-0.3, -0.25) is 4.79 Å². The van der Waals surface area contributed by atoms with E-state index in [1.807, 2.05) is 31.3 Å². The highest BCUT2D eigenvalue weighted by molar-refractivity contribution is 6.09. The Kier molecular flexibility index (Phi) is 4.83. The van der Waals surface area contributed by atoms with E-state index in [1.165, 1.54) is 0 Å². The predicted octanol–water partition coefficient (Wildman–Crippen LogP) is 4.58. The Morgan fingerprint density at radius 2 is 2.10 bits per heavy atom. The Labute approximate surface area is 120 Å². The molecule has 0 saturated heterocycles. The standard InChI is InChI=1S/C17H23NO2/c1-4-6-12(3)17(19)15-11-18-16-8-7-13(10-14(15)16)20-9-5-2/h7-8,10-12,18H,4-6,9H2,1-3H3. The molecule has 1 unspecified atom stereocenters. The molecule has 1 atom stereocenters. The van der Waals surface area contributed by atoms with E-state index in [0.717, 1.165) is 41.5 Å². The molecule has 1 heterocycles. The molecule has 0 bridgehead atoms. The van der Waals surface area contributed by atoms with Gasteiger partial charge in [0.05, 0.1) is 6.61 Å². The molecule has 2 rings (SSSR count). The molecular formula is C17H23NO2. The molecule has 3 nitrogen and oxygen atoms in total. The number of hydrogen-bond acceptors (Lipinski definition) is 2. The lowest BCUT2D eigenvalue weighted by molar-refractivity contribution is 0.0925. The zero-order valence-electron chi connectivity index (χ0n) is 12.5. The number of hydrogen-bond donors (Lipinski definition) is 1. The number of rotatable bonds is 7. The molecule has 20 heavy (non-hydrogen) atoms. The molecule has 0 fully saturated rings. The number of aromatic amines is 1. The van der Waals surface area contributed by atoms with E-state index in [4.69, 9.17) is 4.74 Å². The monoisotopic (exact) mass is 273 g/mol. The summed E-state index contributed by atoms with van der Waals surface area (Å²) in [6, 6.07) is 5.88. The first kappa shape index (κ1) is 14.6. The van der Waals surface area contributed by atoms with Crippen LogP contribution >= 0.6 is 0 Å². The summed E-state index contributed by atoms with van der Waals surface area (Å²) in [5.74, 6) is 1.11. The van der Waals surface area contributed by atoms with Gasteiger partial charge >= 0.3 is 0 Å². The smallest absolute Gasteiger partial charge is 0.167 e. The van der Waals surface area contributed by atoms with E-state index in [0.29, 0.717) is 6.61 Å². The molecule has 1 aromatic heterocycles. The third-order valence-corrected chi connectivity index (χ3v) is 3.56. The highest BCUT2D eigenvalue weighted by Gasteiger charge is 2.18. The van der Waals surface area contributed by atoms with Gasteiger partial charge in [0, 0.05) is 28.6 Å². The summed E-state index contributed by atoms with van der Waals surface area (Å²) in [6.45, 7) is 6.89. The van der Waals surface area contributed by atoms with Crippen molar-refractivity contribution in [1.82, 2.24) is 4.98 Å². The predicted molar refractivity (Wildman–Crippen MR) is 82.5 cm³/mol. The first-order chi connectivity index (χ1) is 9.67. The highest BCUT2D eigenvalue weighted by atomic mass is 16.5. The number of ether oxygens (including phenoxy) is 1. The van der Waals surface area contributed by atoms with Gasteiger partial charge in [0.15, 0.2) is 5.78 Å². The molecular weight excluding hydrogens is 250 g/mol. The highest BCUT2D eigenvalue weighted by Crippen LogP contribution is 2.26. The molecule has 1 aromatic carbocycles. The number of nitrogens with one attached hydrogen (secondary N) is 1. The maximum Gasteiger partial charge on any atom is 0.167 e. The van der Waals surface area contributed by atoms with E-state index in [2.05, 4.69) is 18.8 Å². The lowest BCUT2D eigenvalue weighted by Gasteiger charge is -2.08. The van der Waals surface area contributed by atoms with Gasteiger partial charge in [0.1, 0.15) is 5.75 Å². The zero-order valence-corrected chi connectivity index (χ0v) is 12.5. The van der Waals surface area contributed by atoms with Crippen molar-refractivity contribution in [1.29, 1.82) is 0 Å². The van der Waals surface area contributed by atoms with Gasteiger partial charge in [-0.05, 0) is 31.0 Å². The van der Waals surface area contributed by atoms with E-state index in [-0.39, 0.29) is 11.7 Å². The molecule has 0 amide bonds. The van der Waals surface area contributed by atoms with Gasteiger partial charge in [-0.1, -0.05) is 27.2 Å². The molecule has 108 valence electrons. The average molecular weight is 273 g/mol. The van der Waals surface area contributed by atoms with Gasteiger partial charge in [-0.2, -0.15) is 0 Å². The summed E-state index contributed by atoms with van der Waals surface area (Å²) < 4.78 is 5.65. The van der Waals surface area contributed by atoms with Crippen molar-refractivity contribution in [2.75, 3.05) is 6.61 Å². The lowest BCUT2D eigenvalue weighted by atomic mass is 9.95. The van der Waals surface area contributed by atoms with Crippen molar-refractivity contribution in [3.05, 3.63) is 30.0 Å². The normalized spacial score (nSPS) is 12.6. The average Bonchev–Trinajstić information content (AvgIpc) is 2.87. The Morgan fingerprint density at radius 3 is 2.80 bits per heavy atom. The summed E-state index contributed by atoms with van der Waals surface area (Å²) in [6.07, 6.45) is 4.75. The van der Waals surface area contributed by atoms with Gasteiger partial charge in [-0.25, -0.2) is 0 Å². The Balaban J connectivity index is 2.31. The number of aromatic nitrogens is 1. The van der Waals surface area contributed by atoms with Crippen LogP contribution in [-0.4, -0.2) is 17.4 Å². The second-order valence-corrected chi connectivity index (χ2v) is 5.31. The molecule has 0 saturated carbocycles. The largest absolute Gasteiger partial charge is 0.494 e. The third kappa shape index (κ3) is 3.03. The number of carbonyl (C=O) groups excluding carboxylic acids is 1. The number of H-pyrrole nitrogens is 1. The quantitative estimate of drug-likeness (QED) is 0.750. The van der Waals surface area contributed by atoms with Gasteiger partial charge < -0.3 is 9.72 Å². The molecule has 1 N–H and O–H groups in total. The van der Waals surface area contributed by atoms with Crippen molar-refractivity contribution in [3.63, 3.8) is 0 Å². The number of benzene rings is 1. The van der Waals surface area contributed by atoms with Crippen molar-refractivity contribution >= 4 is 16.7 Å². The maximum atomic E-state index is 12.5. The van der Waals surface area contributed by atoms with Crippen LogP contribution < -0.4 is 4.74 Å². The van der Waals surface area contributed by atoms with Crippen LogP contribution in [0, 0.1) is 5.92 Å². The fourth-order valence-electron chi connectivity index (χ4n) is 2.44. The number of ketones is 1. The summed E-state index contributed by atoms with van der Waals surface area (Å²) in [4.78, 5) is 15.6. The molecule has 0 aliphatic heterocycles. The number of Topliss-reactive ketones (excluding diaryl/α,β-unsaturated/α-hetero) is 1. The summed E-state index contributed by atoms with van der Waals surface area (Å²) >= 11 is 0. The fourth-order valence-corrected chi connectivity index (χ4v) is 2.44. The lowest BCUT2D eigenvalue weighted by Crippen LogP contribution is -2.10. The van der Waals surface area contributed by atoms with Crippen molar-refractivity contribution < 1.29 is 9.53 Å². The van der Waals surface area contributed by atoms with Crippen LogP contribution in [0.5, 0.6) is 5.75 Å². The minimum absolute atomic E-state index is 0.0687. The van der Waals surface area contributed by atoms with Crippen LogP contribution in [0.15, 0.2) is 24.4 Å². The Morgan fingerprint density at radius 1 is 1.30 bits per heavy atom. The molecule has 3 heteroatoms.